The molecule has 0 aliphatic heterocycles. The summed E-state index contributed by atoms with van der Waals surface area (Å²) in [4.78, 5) is 12.6. The van der Waals surface area contributed by atoms with Gasteiger partial charge < -0.3 is 9.73 Å². The SMILES string of the molecule is CC(C)NS(=O)(=O)c1cccc(C(=O)N[C@@H](C)c2cc3ccccc3o2)c1. The summed E-state index contributed by atoms with van der Waals surface area (Å²) in [6, 6.07) is 14.8. The molecule has 27 heavy (non-hydrogen) atoms. The molecule has 3 aromatic rings. The average molecular weight is 386 g/mol. The summed E-state index contributed by atoms with van der Waals surface area (Å²) in [5.74, 6) is 0.263. The van der Waals surface area contributed by atoms with E-state index in [1.54, 1.807) is 26.0 Å². The average Bonchev–Trinajstić information content (AvgIpc) is 3.05. The number of nitrogens with one attached hydrogen (secondary N) is 2. The molecule has 1 heterocycles. The lowest BCUT2D eigenvalue weighted by atomic mass is 10.1. The molecule has 142 valence electrons. The smallest absolute Gasteiger partial charge is 0.251 e. The van der Waals surface area contributed by atoms with Crippen molar-refractivity contribution in [3.63, 3.8) is 0 Å². The Hall–Kier alpha value is -2.64. The van der Waals surface area contributed by atoms with Gasteiger partial charge in [-0.2, -0.15) is 0 Å². The Balaban J connectivity index is 1.78. The van der Waals surface area contributed by atoms with Gasteiger partial charge in [0.05, 0.1) is 10.9 Å². The van der Waals surface area contributed by atoms with Gasteiger partial charge in [-0.25, -0.2) is 13.1 Å². The van der Waals surface area contributed by atoms with Gasteiger partial charge in [0.15, 0.2) is 0 Å². The van der Waals surface area contributed by atoms with Crippen LogP contribution >= 0.6 is 0 Å². The molecule has 7 heteroatoms. The Labute approximate surface area is 158 Å². The van der Waals surface area contributed by atoms with E-state index in [1.165, 1.54) is 12.1 Å². The van der Waals surface area contributed by atoms with E-state index in [0.29, 0.717) is 5.76 Å². The Kier molecular flexibility index (Phi) is 5.34. The fourth-order valence-electron chi connectivity index (χ4n) is 2.75. The summed E-state index contributed by atoms with van der Waals surface area (Å²) < 4.78 is 32.9. The van der Waals surface area contributed by atoms with Gasteiger partial charge in [0, 0.05) is 17.0 Å². The quantitative estimate of drug-likeness (QED) is 0.677. The lowest BCUT2D eigenvalue weighted by Gasteiger charge is -2.13. The molecular weight excluding hydrogens is 364 g/mol. The fraction of sp³-hybridized carbons (Fsp3) is 0.250. The number of rotatable bonds is 6. The maximum Gasteiger partial charge on any atom is 0.251 e. The molecule has 0 saturated carbocycles. The highest BCUT2D eigenvalue weighted by atomic mass is 32.2. The molecule has 2 aromatic carbocycles. The van der Waals surface area contributed by atoms with Crippen LogP contribution < -0.4 is 10.0 Å². The second kappa shape index (κ2) is 7.54. The molecule has 0 aliphatic rings. The molecule has 0 fully saturated rings. The molecule has 0 unspecified atom stereocenters. The summed E-state index contributed by atoms with van der Waals surface area (Å²) in [5, 5.41) is 3.80. The first kappa shape index (κ1) is 19.1. The van der Waals surface area contributed by atoms with Crippen molar-refractivity contribution in [3.05, 3.63) is 65.9 Å². The van der Waals surface area contributed by atoms with Crippen LogP contribution in [0.1, 0.15) is 42.9 Å². The van der Waals surface area contributed by atoms with Crippen LogP contribution in [-0.4, -0.2) is 20.4 Å². The number of benzene rings is 2. The zero-order chi connectivity index (χ0) is 19.6. The van der Waals surface area contributed by atoms with E-state index < -0.39 is 10.0 Å². The number of hydrogen-bond acceptors (Lipinski definition) is 4. The summed E-state index contributed by atoms with van der Waals surface area (Å²) in [5.41, 5.74) is 1.02. The number of para-hydroxylation sites is 1. The largest absolute Gasteiger partial charge is 0.459 e. The monoisotopic (exact) mass is 386 g/mol. The highest BCUT2D eigenvalue weighted by Crippen LogP contribution is 2.24. The zero-order valence-electron chi connectivity index (χ0n) is 15.4. The molecule has 0 spiro atoms. The third-order valence-electron chi connectivity index (χ3n) is 4.02. The van der Waals surface area contributed by atoms with Gasteiger partial charge in [0.2, 0.25) is 10.0 Å². The minimum Gasteiger partial charge on any atom is -0.459 e. The van der Waals surface area contributed by atoms with Crippen molar-refractivity contribution >= 4 is 26.9 Å². The van der Waals surface area contributed by atoms with Gasteiger partial charge >= 0.3 is 0 Å². The summed E-state index contributed by atoms with van der Waals surface area (Å²) in [6.45, 7) is 5.29. The molecule has 0 bridgehead atoms. The van der Waals surface area contributed by atoms with Gasteiger partial charge in [0.25, 0.3) is 5.91 Å². The number of sulfonamides is 1. The molecule has 1 amide bonds. The van der Waals surface area contributed by atoms with Crippen molar-refractivity contribution < 1.29 is 17.6 Å². The second-order valence-electron chi connectivity index (χ2n) is 6.69. The number of furan rings is 1. The Morgan fingerprint density at radius 2 is 1.74 bits per heavy atom. The number of hydrogen-bond donors (Lipinski definition) is 2. The lowest BCUT2D eigenvalue weighted by Crippen LogP contribution is -2.31. The van der Waals surface area contributed by atoms with Crippen molar-refractivity contribution in [1.29, 1.82) is 0 Å². The first-order valence-electron chi connectivity index (χ1n) is 8.68. The Bertz CT molecular complexity index is 1040. The molecule has 1 aromatic heterocycles. The van der Waals surface area contributed by atoms with Gasteiger partial charge in [-0.1, -0.05) is 24.3 Å². The highest BCUT2D eigenvalue weighted by Gasteiger charge is 2.19. The number of carbonyl (C=O) groups excluding carboxylic acids is 1. The van der Waals surface area contributed by atoms with Crippen LogP contribution in [0.4, 0.5) is 0 Å². The van der Waals surface area contributed by atoms with Crippen LogP contribution in [0, 0.1) is 0 Å². The molecule has 0 aliphatic carbocycles. The summed E-state index contributed by atoms with van der Waals surface area (Å²) in [7, 11) is -3.66. The molecule has 0 saturated heterocycles. The van der Waals surface area contributed by atoms with Crippen LogP contribution in [0.3, 0.4) is 0 Å². The number of carbonyl (C=O) groups is 1. The minimum absolute atomic E-state index is 0.0558. The van der Waals surface area contributed by atoms with E-state index in [-0.39, 0.29) is 28.4 Å². The normalized spacial score (nSPS) is 13.0. The molecule has 6 nitrogen and oxygen atoms in total. The van der Waals surface area contributed by atoms with Crippen molar-refractivity contribution in [3.8, 4) is 0 Å². The first-order chi connectivity index (χ1) is 12.8. The predicted molar refractivity (Wildman–Crippen MR) is 104 cm³/mol. The number of amides is 1. The van der Waals surface area contributed by atoms with Crippen molar-refractivity contribution in [1.82, 2.24) is 10.0 Å². The van der Waals surface area contributed by atoms with Gasteiger partial charge in [-0.05, 0) is 51.1 Å². The standard InChI is InChI=1S/C20H22N2O4S/c1-13(2)22-27(24,25)17-9-6-8-16(11-17)20(23)21-14(3)19-12-15-7-4-5-10-18(15)26-19/h4-14,22H,1-3H3,(H,21,23)/t14-/m0/s1. The van der Waals surface area contributed by atoms with E-state index in [9.17, 15) is 13.2 Å². The van der Waals surface area contributed by atoms with Crippen LogP contribution in [0.25, 0.3) is 11.0 Å². The zero-order valence-corrected chi connectivity index (χ0v) is 16.2. The topological polar surface area (TPSA) is 88.4 Å². The van der Waals surface area contributed by atoms with Crippen LogP contribution in [0.2, 0.25) is 0 Å². The Morgan fingerprint density at radius 1 is 1.00 bits per heavy atom. The third-order valence-corrected chi connectivity index (χ3v) is 5.67. The molecule has 1 atom stereocenters. The van der Waals surface area contributed by atoms with E-state index in [0.717, 1.165) is 11.0 Å². The lowest BCUT2D eigenvalue weighted by molar-refractivity contribution is 0.0935. The number of fused-ring (bicyclic) bond motifs is 1. The van der Waals surface area contributed by atoms with E-state index >= 15 is 0 Å². The highest BCUT2D eigenvalue weighted by molar-refractivity contribution is 7.89. The summed E-state index contributed by atoms with van der Waals surface area (Å²) in [6.07, 6.45) is 0. The second-order valence-corrected chi connectivity index (χ2v) is 8.40. The van der Waals surface area contributed by atoms with E-state index in [4.69, 9.17) is 4.42 Å². The van der Waals surface area contributed by atoms with E-state index in [1.807, 2.05) is 37.3 Å². The van der Waals surface area contributed by atoms with Crippen molar-refractivity contribution in [2.45, 2.75) is 37.8 Å². The summed E-state index contributed by atoms with van der Waals surface area (Å²) >= 11 is 0. The Morgan fingerprint density at radius 3 is 2.44 bits per heavy atom. The van der Waals surface area contributed by atoms with Gasteiger partial charge in [0.1, 0.15) is 11.3 Å². The predicted octanol–water partition coefficient (Wildman–Crippen LogP) is 3.61. The minimum atomic E-state index is -3.66. The van der Waals surface area contributed by atoms with Crippen LogP contribution in [-0.2, 0) is 10.0 Å². The van der Waals surface area contributed by atoms with Crippen molar-refractivity contribution in [2.75, 3.05) is 0 Å². The molecular formula is C20H22N2O4S. The van der Waals surface area contributed by atoms with Crippen LogP contribution in [0.15, 0.2) is 63.9 Å². The molecule has 3 rings (SSSR count). The van der Waals surface area contributed by atoms with Crippen molar-refractivity contribution in [2.24, 2.45) is 0 Å². The fourth-order valence-corrected chi connectivity index (χ4v) is 4.05. The molecule has 0 radical (unpaired) electrons. The van der Waals surface area contributed by atoms with Gasteiger partial charge in [-0.3, -0.25) is 4.79 Å². The van der Waals surface area contributed by atoms with E-state index in [2.05, 4.69) is 10.0 Å². The maximum atomic E-state index is 12.6. The maximum absolute atomic E-state index is 12.6. The molecule has 2 N–H and O–H groups in total. The van der Waals surface area contributed by atoms with Crippen LogP contribution in [0.5, 0.6) is 0 Å². The first-order valence-corrected chi connectivity index (χ1v) is 10.2. The van der Waals surface area contributed by atoms with Gasteiger partial charge in [-0.15, -0.1) is 0 Å². The third kappa shape index (κ3) is 4.37.